The van der Waals surface area contributed by atoms with E-state index >= 15 is 0 Å². The maximum absolute atomic E-state index is 11.9. The third kappa shape index (κ3) is 4.82. The van der Waals surface area contributed by atoms with Gasteiger partial charge in [-0.1, -0.05) is 0 Å². The van der Waals surface area contributed by atoms with E-state index in [1.165, 1.54) is 4.90 Å². The van der Waals surface area contributed by atoms with E-state index in [2.05, 4.69) is 11.8 Å². The van der Waals surface area contributed by atoms with Crippen LogP contribution in [-0.2, 0) is 23.9 Å². The Bertz CT molecular complexity index is 687. The minimum absolute atomic E-state index is 0.181. The summed E-state index contributed by atoms with van der Waals surface area (Å²) >= 11 is 0. The van der Waals surface area contributed by atoms with Crippen LogP contribution in [0.5, 0.6) is 0 Å². The second-order valence-corrected chi connectivity index (χ2v) is 7.83. The number of ether oxygens (including phenoxy) is 2. The molecular formula is C22H29NO5. The summed E-state index contributed by atoms with van der Waals surface area (Å²) in [5, 5.41) is 0. The van der Waals surface area contributed by atoms with Crippen molar-refractivity contribution >= 4 is 17.8 Å². The van der Waals surface area contributed by atoms with E-state index in [0.29, 0.717) is 55.0 Å². The molecule has 3 aliphatic rings. The predicted octanol–water partition coefficient (Wildman–Crippen LogP) is 2.47. The van der Waals surface area contributed by atoms with Crippen molar-refractivity contribution in [3.05, 3.63) is 11.1 Å². The minimum Gasteiger partial charge on any atom is -0.465 e. The van der Waals surface area contributed by atoms with E-state index in [0.717, 1.165) is 25.7 Å². The van der Waals surface area contributed by atoms with E-state index < -0.39 is 0 Å². The lowest BCUT2D eigenvalue weighted by molar-refractivity contribution is -0.144. The summed E-state index contributed by atoms with van der Waals surface area (Å²) in [5.74, 6) is 7.59. The van der Waals surface area contributed by atoms with E-state index in [4.69, 9.17) is 9.47 Å². The molecule has 28 heavy (non-hydrogen) atoms. The van der Waals surface area contributed by atoms with Crippen molar-refractivity contribution < 1.29 is 23.9 Å². The molecule has 6 nitrogen and oxygen atoms in total. The summed E-state index contributed by atoms with van der Waals surface area (Å²) in [5.41, 5.74) is 1.00. The number of fused-ring (bicyclic) bond motifs is 1. The molecule has 0 radical (unpaired) electrons. The number of rotatable bonds is 9. The number of carbonyl (C=O) groups is 3. The van der Waals surface area contributed by atoms with Gasteiger partial charge < -0.3 is 9.47 Å². The lowest BCUT2D eigenvalue weighted by Gasteiger charge is -2.14. The molecule has 0 spiro atoms. The van der Waals surface area contributed by atoms with Crippen LogP contribution in [0.25, 0.3) is 0 Å². The Morgan fingerprint density at radius 2 is 1.64 bits per heavy atom. The topological polar surface area (TPSA) is 72.9 Å². The Hall–Kier alpha value is -2.13. The molecule has 1 heterocycles. The molecule has 0 N–H and O–H groups in total. The highest BCUT2D eigenvalue weighted by atomic mass is 16.5. The van der Waals surface area contributed by atoms with Crippen molar-refractivity contribution in [3.63, 3.8) is 0 Å². The second-order valence-electron chi connectivity index (χ2n) is 7.83. The molecule has 152 valence electrons. The maximum Gasteiger partial charge on any atom is 0.305 e. The second kappa shape index (κ2) is 9.38. The van der Waals surface area contributed by atoms with Crippen LogP contribution >= 0.6 is 0 Å². The number of carbonyl (C=O) groups excluding carboxylic acids is 3. The van der Waals surface area contributed by atoms with Crippen molar-refractivity contribution in [1.29, 1.82) is 0 Å². The minimum atomic E-state index is -0.242. The molecule has 2 aliphatic carbocycles. The number of hydrogen-bond donors (Lipinski definition) is 0. The normalized spacial score (nSPS) is 26.4. The molecule has 0 aromatic carbocycles. The van der Waals surface area contributed by atoms with Crippen LogP contribution in [-0.4, -0.2) is 49.0 Å². The number of esters is 1. The molecule has 2 unspecified atom stereocenters. The smallest absolute Gasteiger partial charge is 0.305 e. The predicted molar refractivity (Wildman–Crippen MR) is 103 cm³/mol. The molecule has 0 aromatic rings. The Balaban J connectivity index is 1.22. The van der Waals surface area contributed by atoms with E-state index in [1.54, 1.807) is 13.8 Å². The van der Waals surface area contributed by atoms with Crippen LogP contribution < -0.4 is 0 Å². The van der Waals surface area contributed by atoms with Gasteiger partial charge in [0.1, 0.15) is 0 Å². The Morgan fingerprint density at radius 3 is 2.25 bits per heavy atom. The van der Waals surface area contributed by atoms with Gasteiger partial charge in [-0.05, 0) is 50.9 Å². The van der Waals surface area contributed by atoms with Gasteiger partial charge in [0.15, 0.2) is 0 Å². The van der Waals surface area contributed by atoms with Crippen LogP contribution in [0.4, 0.5) is 0 Å². The van der Waals surface area contributed by atoms with Gasteiger partial charge in [-0.25, -0.2) is 0 Å². The zero-order valence-electron chi connectivity index (χ0n) is 16.8. The molecular weight excluding hydrogens is 358 g/mol. The molecule has 2 amide bonds. The Labute approximate surface area is 166 Å². The number of nitrogens with zero attached hydrogens (tertiary/aromatic N) is 1. The third-order valence-electron chi connectivity index (χ3n) is 6.10. The first-order chi connectivity index (χ1) is 13.5. The van der Waals surface area contributed by atoms with Crippen LogP contribution in [0.3, 0.4) is 0 Å². The first kappa shape index (κ1) is 20.6. The van der Waals surface area contributed by atoms with Gasteiger partial charge in [0.05, 0.1) is 19.8 Å². The monoisotopic (exact) mass is 387 g/mol. The first-order valence-corrected chi connectivity index (χ1v) is 10.2. The highest BCUT2D eigenvalue weighted by Crippen LogP contribution is 2.52. The highest BCUT2D eigenvalue weighted by molar-refractivity contribution is 6.18. The van der Waals surface area contributed by atoms with Gasteiger partial charge in [-0.15, -0.1) is 11.8 Å². The largest absolute Gasteiger partial charge is 0.465 e. The van der Waals surface area contributed by atoms with E-state index in [9.17, 15) is 14.4 Å². The van der Waals surface area contributed by atoms with Crippen molar-refractivity contribution in [1.82, 2.24) is 4.90 Å². The van der Waals surface area contributed by atoms with Crippen LogP contribution in [0.1, 0.15) is 52.4 Å². The molecule has 6 heteroatoms. The lowest BCUT2D eigenvalue weighted by Crippen LogP contribution is -2.34. The van der Waals surface area contributed by atoms with Crippen LogP contribution in [0, 0.1) is 29.6 Å². The molecule has 2 atom stereocenters. The van der Waals surface area contributed by atoms with Gasteiger partial charge in [0.25, 0.3) is 11.8 Å². The van der Waals surface area contributed by atoms with Crippen molar-refractivity contribution in [2.75, 3.05) is 26.4 Å². The van der Waals surface area contributed by atoms with E-state index in [-0.39, 0.29) is 30.9 Å². The fourth-order valence-electron chi connectivity index (χ4n) is 4.14. The summed E-state index contributed by atoms with van der Waals surface area (Å²) in [6.07, 6.45) is 5.09. The quantitative estimate of drug-likeness (QED) is 0.263. The summed E-state index contributed by atoms with van der Waals surface area (Å²) in [7, 11) is 0. The molecule has 0 saturated heterocycles. The molecule has 3 rings (SSSR count). The third-order valence-corrected chi connectivity index (χ3v) is 6.10. The summed E-state index contributed by atoms with van der Waals surface area (Å²) in [6.45, 7) is 4.78. The van der Waals surface area contributed by atoms with Crippen molar-refractivity contribution in [2.24, 2.45) is 17.8 Å². The Kier molecular flexibility index (Phi) is 6.90. The van der Waals surface area contributed by atoms with Crippen molar-refractivity contribution in [3.8, 4) is 11.8 Å². The average Bonchev–Trinajstić information content (AvgIpc) is 3.27. The number of amides is 2. The number of hydrogen-bond acceptors (Lipinski definition) is 5. The van der Waals surface area contributed by atoms with E-state index in [1.807, 2.05) is 0 Å². The highest BCUT2D eigenvalue weighted by Gasteiger charge is 2.49. The van der Waals surface area contributed by atoms with Gasteiger partial charge >= 0.3 is 5.97 Å². The molecule has 0 aromatic heterocycles. The Morgan fingerprint density at radius 1 is 1.04 bits per heavy atom. The standard InChI is InChI=1S/C22H29NO5/c1-15-16(2)22(26)23(21(15)25)11-13-27-12-7-10-20(24)28-14-19-17-8-5-3-4-6-9-18(17)19/h17-19H,5-14H2,1-2H3. The van der Waals surface area contributed by atoms with Crippen molar-refractivity contribution in [2.45, 2.75) is 52.4 Å². The molecule has 1 aliphatic heterocycles. The summed E-state index contributed by atoms with van der Waals surface area (Å²) in [4.78, 5) is 37.0. The van der Waals surface area contributed by atoms with Gasteiger partial charge in [-0.2, -0.15) is 0 Å². The van der Waals surface area contributed by atoms with Crippen LogP contribution in [0.2, 0.25) is 0 Å². The molecule has 0 bridgehead atoms. The fourth-order valence-corrected chi connectivity index (χ4v) is 4.14. The summed E-state index contributed by atoms with van der Waals surface area (Å²) in [6, 6.07) is 0. The van der Waals surface area contributed by atoms with Gasteiger partial charge in [0.2, 0.25) is 0 Å². The summed E-state index contributed by atoms with van der Waals surface area (Å²) < 4.78 is 10.9. The van der Waals surface area contributed by atoms with Gasteiger partial charge in [-0.3, -0.25) is 19.3 Å². The average molecular weight is 387 g/mol. The first-order valence-electron chi connectivity index (χ1n) is 10.2. The zero-order valence-corrected chi connectivity index (χ0v) is 16.8. The van der Waals surface area contributed by atoms with Crippen LogP contribution in [0.15, 0.2) is 11.1 Å². The fraction of sp³-hybridized carbons (Fsp3) is 0.682. The lowest BCUT2D eigenvalue weighted by atomic mass is 10.1. The SMILES string of the molecule is CC1=C(C)C(=O)N(CCOCCCC(=O)OCC2C3CCC#CCCC32)C1=O. The zero-order chi connectivity index (χ0) is 20.1. The molecule has 1 saturated carbocycles. The van der Waals surface area contributed by atoms with Gasteiger partial charge in [0, 0.05) is 37.0 Å². The molecule has 1 fully saturated rings. The maximum atomic E-state index is 11.9. The number of imide groups is 1.